The molecule has 0 N–H and O–H groups in total. The van der Waals surface area contributed by atoms with E-state index in [0.29, 0.717) is 0 Å². The van der Waals surface area contributed by atoms with Gasteiger partial charge in [-0.05, 0) is 19.6 Å². The molecular weight excluding hydrogens is 662 g/mol. The monoisotopic (exact) mass is 676 g/mol. The summed E-state index contributed by atoms with van der Waals surface area (Å²) in [5, 5.41) is 0. The van der Waals surface area contributed by atoms with Gasteiger partial charge in [0.25, 0.3) is 0 Å². The fraction of sp³-hybridized carbons (Fsp3) is 1.00. The fourth-order valence-electron chi connectivity index (χ4n) is 2.24. The first-order valence-corrected chi connectivity index (χ1v) is 13.3. The van der Waals surface area contributed by atoms with Crippen molar-refractivity contribution in [2.24, 2.45) is 0 Å². The van der Waals surface area contributed by atoms with Crippen LogP contribution in [0.5, 0.6) is 0 Å². The molecule has 0 saturated heterocycles. The second-order valence-electron chi connectivity index (χ2n) is 7.86. The minimum atomic E-state index is -8.61. The fourth-order valence-corrected chi connectivity index (χ4v) is 4.24. The molecule has 0 aliphatic rings. The summed E-state index contributed by atoms with van der Waals surface area (Å²) in [5.41, 5.74) is 0. The second-order valence-corrected chi connectivity index (χ2v) is 13.2. The Balaban J connectivity index is 6.60. The van der Waals surface area contributed by atoms with E-state index in [1.807, 2.05) is 0 Å². The third kappa shape index (κ3) is 5.36. The van der Waals surface area contributed by atoms with E-state index >= 15 is 0 Å². The van der Waals surface area contributed by atoms with E-state index in [4.69, 9.17) is 4.43 Å². The van der Waals surface area contributed by atoms with Crippen LogP contribution in [0.4, 0.5) is 74.6 Å². The van der Waals surface area contributed by atoms with Crippen molar-refractivity contribution in [2.45, 2.75) is 79.8 Å². The Morgan fingerprint density at radius 1 is 0.559 bits per heavy atom. The molecule has 0 heterocycles. The van der Waals surface area contributed by atoms with Crippen molar-refractivity contribution in [1.29, 1.82) is 0 Å². The molecular formula is C14H14F17IOSi. The maximum Gasteiger partial charge on any atom is 0.460 e. The molecule has 0 aromatic carbocycles. The molecule has 20 heteroatoms. The third-order valence-corrected chi connectivity index (χ3v) is 5.99. The van der Waals surface area contributed by atoms with Gasteiger partial charge in [0.2, 0.25) is 0 Å². The molecule has 34 heavy (non-hydrogen) atoms. The Morgan fingerprint density at radius 2 is 0.853 bits per heavy atom. The molecule has 206 valence electrons. The van der Waals surface area contributed by atoms with Crippen LogP contribution in [0.15, 0.2) is 0 Å². The van der Waals surface area contributed by atoms with Crippen LogP contribution in [0.3, 0.4) is 0 Å². The Morgan fingerprint density at radius 3 is 1.12 bits per heavy atom. The standard InChI is InChI=1S/C14H14F17IOSi/c1-34(2,3)33-6(5-32)4-7(15,16)8(17,18)9(19,20)10(21,22)11(23,24)12(25,26)13(27,28)14(29,30)31/h6H,4-5H2,1-3H3. The average molecular weight is 676 g/mol. The zero-order valence-corrected chi connectivity index (χ0v) is 19.9. The highest BCUT2D eigenvalue weighted by Crippen LogP contribution is 2.64. The normalized spacial score (nSPS) is 17.2. The largest absolute Gasteiger partial charge is 0.460 e. The SMILES string of the molecule is C[Si](C)(C)OC(CI)CC(F)(F)C(F)(F)C(F)(F)C(F)(F)C(F)(F)C(F)(F)C(F)(F)C(F)(F)F. The first-order valence-electron chi connectivity index (χ1n) is 8.34. The van der Waals surface area contributed by atoms with Gasteiger partial charge in [-0.25, -0.2) is 0 Å². The highest BCUT2D eigenvalue weighted by molar-refractivity contribution is 14.1. The van der Waals surface area contributed by atoms with Crippen LogP contribution in [0.2, 0.25) is 19.6 Å². The molecule has 1 atom stereocenters. The molecule has 0 aliphatic carbocycles. The lowest BCUT2D eigenvalue weighted by molar-refractivity contribution is -0.462. The van der Waals surface area contributed by atoms with Gasteiger partial charge in [0, 0.05) is 10.8 Å². The molecule has 1 unspecified atom stereocenters. The molecule has 0 amide bonds. The van der Waals surface area contributed by atoms with Gasteiger partial charge in [-0.3, -0.25) is 0 Å². The van der Waals surface area contributed by atoms with E-state index in [1.54, 1.807) is 0 Å². The van der Waals surface area contributed by atoms with Gasteiger partial charge >= 0.3 is 47.6 Å². The van der Waals surface area contributed by atoms with Crippen molar-refractivity contribution in [3.05, 3.63) is 0 Å². The third-order valence-electron chi connectivity index (χ3n) is 3.96. The molecule has 0 aromatic rings. The lowest BCUT2D eigenvalue weighted by Crippen LogP contribution is -2.74. The topological polar surface area (TPSA) is 9.23 Å². The minimum Gasteiger partial charge on any atom is -0.414 e. The Kier molecular flexibility index (Phi) is 9.15. The zero-order valence-electron chi connectivity index (χ0n) is 16.7. The summed E-state index contributed by atoms with van der Waals surface area (Å²) in [6, 6.07) is 0. The van der Waals surface area contributed by atoms with Crippen molar-refractivity contribution >= 4 is 30.9 Å². The van der Waals surface area contributed by atoms with Crippen LogP contribution < -0.4 is 0 Å². The summed E-state index contributed by atoms with van der Waals surface area (Å²) < 4.78 is 229. The molecule has 0 saturated carbocycles. The highest BCUT2D eigenvalue weighted by atomic mass is 127. The summed E-state index contributed by atoms with van der Waals surface area (Å²) in [6.45, 7) is 3.82. The van der Waals surface area contributed by atoms with Crippen LogP contribution in [-0.2, 0) is 4.43 Å². The highest BCUT2D eigenvalue weighted by Gasteiger charge is 2.95. The van der Waals surface area contributed by atoms with Crippen molar-refractivity contribution in [2.75, 3.05) is 4.43 Å². The van der Waals surface area contributed by atoms with Gasteiger partial charge in [-0.1, -0.05) is 22.6 Å². The first-order chi connectivity index (χ1) is 14.4. The van der Waals surface area contributed by atoms with Crippen molar-refractivity contribution in [1.82, 2.24) is 0 Å². The van der Waals surface area contributed by atoms with E-state index in [9.17, 15) is 74.6 Å². The Bertz CT molecular complexity index is 712. The number of hydrogen-bond acceptors (Lipinski definition) is 1. The predicted molar refractivity (Wildman–Crippen MR) is 92.4 cm³/mol. The van der Waals surface area contributed by atoms with Crippen LogP contribution >= 0.6 is 22.6 Å². The first kappa shape index (κ1) is 33.7. The number of rotatable bonds is 11. The molecule has 0 rings (SSSR count). The summed E-state index contributed by atoms with van der Waals surface area (Å²) in [7, 11) is -2.90. The predicted octanol–water partition coefficient (Wildman–Crippen LogP) is 8.04. The van der Waals surface area contributed by atoms with Crippen LogP contribution in [-0.4, -0.2) is 66.5 Å². The molecule has 0 spiro atoms. The van der Waals surface area contributed by atoms with Crippen LogP contribution in [0.25, 0.3) is 0 Å². The van der Waals surface area contributed by atoms with Crippen LogP contribution in [0.1, 0.15) is 6.42 Å². The smallest absolute Gasteiger partial charge is 0.414 e. The maximum atomic E-state index is 14.0. The van der Waals surface area contributed by atoms with Crippen molar-refractivity contribution < 1.29 is 79.1 Å². The van der Waals surface area contributed by atoms with Gasteiger partial charge in [-0.15, -0.1) is 0 Å². The van der Waals surface area contributed by atoms with Gasteiger partial charge in [0.05, 0.1) is 6.10 Å². The zero-order chi connectivity index (χ0) is 28.2. The quantitative estimate of drug-likeness (QED) is 0.0933. The summed E-state index contributed by atoms with van der Waals surface area (Å²) >= 11 is 1.21. The van der Waals surface area contributed by atoms with Gasteiger partial charge in [0.1, 0.15) is 0 Å². The number of hydrogen-bond donors (Lipinski definition) is 0. The van der Waals surface area contributed by atoms with E-state index in [2.05, 4.69) is 0 Å². The molecule has 0 fully saturated rings. The van der Waals surface area contributed by atoms with Crippen LogP contribution in [0, 0.1) is 0 Å². The summed E-state index contributed by atoms with van der Waals surface area (Å²) in [4.78, 5) is 0. The molecule has 0 aliphatic heterocycles. The number of halogens is 18. The maximum absolute atomic E-state index is 14.0. The van der Waals surface area contributed by atoms with E-state index in [-0.39, 0.29) is 0 Å². The van der Waals surface area contributed by atoms with E-state index in [0.717, 1.165) is 0 Å². The number of alkyl halides is 18. The van der Waals surface area contributed by atoms with Crippen molar-refractivity contribution in [3.8, 4) is 0 Å². The summed E-state index contributed by atoms with van der Waals surface area (Å²) in [5.74, 6) is -56.2. The van der Waals surface area contributed by atoms with Gasteiger partial charge < -0.3 is 4.43 Å². The molecule has 0 aromatic heterocycles. The van der Waals surface area contributed by atoms with Crippen molar-refractivity contribution in [3.63, 3.8) is 0 Å². The molecule has 0 bridgehead atoms. The Labute approximate surface area is 194 Å². The lowest BCUT2D eigenvalue weighted by atomic mass is 9.88. The lowest BCUT2D eigenvalue weighted by Gasteiger charge is -2.43. The second kappa shape index (κ2) is 9.23. The van der Waals surface area contributed by atoms with E-state index < -0.39 is 72.9 Å². The van der Waals surface area contributed by atoms with E-state index in [1.165, 1.54) is 42.2 Å². The van der Waals surface area contributed by atoms with Gasteiger partial charge in [0.15, 0.2) is 8.32 Å². The minimum absolute atomic E-state index is 0.679. The molecule has 0 radical (unpaired) electrons. The van der Waals surface area contributed by atoms with Gasteiger partial charge in [-0.2, -0.15) is 74.6 Å². The Hall–Kier alpha value is -0.283. The molecule has 1 nitrogen and oxygen atoms in total. The average Bonchev–Trinajstić information content (AvgIpc) is 2.57. The summed E-state index contributed by atoms with van der Waals surface area (Å²) in [6.07, 6.45) is -12.4.